The summed E-state index contributed by atoms with van der Waals surface area (Å²) in [6.45, 7) is 9.82. The van der Waals surface area contributed by atoms with Crippen molar-refractivity contribution in [2.24, 2.45) is 0 Å². The van der Waals surface area contributed by atoms with Crippen LogP contribution in [0, 0.1) is 0 Å². The summed E-state index contributed by atoms with van der Waals surface area (Å²) in [7, 11) is 2.87. The van der Waals surface area contributed by atoms with E-state index >= 15 is 0 Å². The van der Waals surface area contributed by atoms with Crippen molar-refractivity contribution in [3.05, 3.63) is 0 Å². The second-order valence-electron chi connectivity index (χ2n) is 14.6. The summed E-state index contributed by atoms with van der Waals surface area (Å²) in [5.74, 6) is -0.226. The Kier molecular flexibility index (Phi) is 27.1. The van der Waals surface area contributed by atoms with Crippen molar-refractivity contribution in [2.75, 3.05) is 59.6 Å². The van der Waals surface area contributed by atoms with Crippen LogP contribution >= 0.6 is 0 Å². The van der Waals surface area contributed by atoms with Crippen molar-refractivity contribution in [1.29, 1.82) is 0 Å². The molecule has 0 aliphatic rings. The zero-order valence-corrected chi connectivity index (χ0v) is 30.3. The molecule has 6 heteroatoms. The fourth-order valence-electron chi connectivity index (χ4n) is 6.30. The summed E-state index contributed by atoms with van der Waals surface area (Å²) >= 11 is 0. The molecule has 0 aromatic carbocycles. The Morgan fingerprint density at radius 1 is 0.405 bits per heavy atom. The maximum Gasteiger partial charge on any atom is 0.128 e. The van der Waals surface area contributed by atoms with Gasteiger partial charge in [-0.05, 0) is 25.7 Å². The lowest BCUT2D eigenvalue weighted by molar-refractivity contribution is -0.955. The third kappa shape index (κ3) is 29.9. The zero-order chi connectivity index (χ0) is 31.4. The molecule has 0 bridgehead atoms. The molecule has 0 aromatic heterocycles. The van der Waals surface area contributed by atoms with Crippen LogP contribution < -0.4 is 0 Å². The number of likely N-dealkylation sites (N-methyl/N-ethyl adjacent to an activating group) is 2. The number of rotatable bonds is 33. The van der Waals surface area contributed by atoms with Crippen molar-refractivity contribution < 1.29 is 21.9 Å². The number of hydrogen-bond donors (Lipinski definition) is 0. The molecule has 0 aliphatic carbocycles. The molecule has 5 nitrogen and oxygen atoms in total. The molecule has 1 unspecified atom stereocenters. The fourth-order valence-corrected chi connectivity index (χ4v) is 6.78. The summed E-state index contributed by atoms with van der Waals surface area (Å²) in [6.07, 6.45) is 33.3. The minimum atomic E-state index is -4.13. The summed E-state index contributed by atoms with van der Waals surface area (Å²) in [4.78, 5) is 0. The van der Waals surface area contributed by atoms with Crippen LogP contribution in [0.25, 0.3) is 0 Å². The Morgan fingerprint density at radius 2 is 0.714 bits per heavy atom. The van der Waals surface area contributed by atoms with E-state index in [0.29, 0.717) is 6.42 Å². The molecule has 0 saturated carbocycles. The van der Waals surface area contributed by atoms with Gasteiger partial charge in [-0.3, -0.25) is 0 Å². The van der Waals surface area contributed by atoms with Gasteiger partial charge < -0.3 is 13.5 Å². The van der Waals surface area contributed by atoms with E-state index < -0.39 is 10.1 Å². The van der Waals surface area contributed by atoms with E-state index in [4.69, 9.17) is 0 Å². The molecule has 0 amide bonds. The Morgan fingerprint density at radius 3 is 1.07 bits per heavy atom. The van der Waals surface area contributed by atoms with Gasteiger partial charge in [0.2, 0.25) is 0 Å². The van der Waals surface area contributed by atoms with Crippen LogP contribution in [0.15, 0.2) is 0 Å². The Labute approximate surface area is 265 Å². The highest BCUT2D eigenvalue weighted by Crippen LogP contribution is 2.16. The molecule has 0 aromatic rings. The van der Waals surface area contributed by atoms with Crippen LogP contribution in [0.3, 0.4) is 0 Å². The SMILES string of the molecule is CCCCCCCCCCCCCC[N+](C)(C)CC[N+](C)(CCCCCCCCCCCCCC)CCCS(=O)(=O)[O-]. The van der Waals surface area contributed by atoms with Crippen molar-refractivity contribution in [2.45, 2.75) is 174 Å². The van der Waals surface area contributed by atoms with Crippen LogP contribution in [0.5, 0.6) is 0 Å². The van der Waals surface area contributed by atoms with Gasteiger partial charge in [0.1, 0.15) is 13.1 Å². The first-order valence-corrected chi connectivity index (χ1v) is 20.2. The van der Waals surface area contributed by atoms with Crippen LogP contribution in [0.2, 0.25) is 0 Å². The lowest BCUT2D eigenvalue weighted by atomic mass is 10.0. The molecule has 0 fully saturated rings. The summed E-state index contributed by atoms with van der Waals surface area (Å²) in [6, 6.07) is 0. The van der Waals surface area contributed by atoms with Crippen LogP contribution in [0.1, 0.15) is 174 Å². The number of unbranched alkanes of at least 4 members (excludes halogenated alkanes) is 22. The number of nitrogens with zero attached hydrogens (tertiary/aromatic N) is 2. The normalized spacial score (nSPS) is 14.0. The molecule has 0 aliphatic heterocycles. The van der Waals surface area contributed by atoms with E-state index in [1.54, 1.807) is 0 Å². The van der Waals surface area contributed by atoms with Gasteiger partial charge in [0, 0.05) is 12.2 Å². The molecular formula is C36H77N2O3S+. The largest absolute Gasteiger partial charge is 0.748 e. The molecular weight excluding hydrogens is 540 g/mol. The average molecular weight is 618 g/mol. The Balaban J connectivity index is 4.22. The predicted molar refractivity (Wildman–Crippen MR) is 184 cm³/mol. The van der Waals surface area contributed by atoms with Crippen LogP contribution in [-0.2, 0) is 10.1 Å². The first-order chi connectivity index (χ1) is 20.0. The van der Waals surface area contributed by atoms with Crippen molar-refractivity contribution in [3.8, 4) is 0 Å². The van der Waals surface area contributed by atoms with Gasteiger partial charge in [-0.25, -0.2) is 8.42 Å². The van der Waals surface area contributed by atoms with Gasteiger partial charge in [-0.1, -0.05) is 142 Å². The molecule has 254 valence electrons. The topological polar surface area (TPSA) is 57.2 Å². The lowest BCUT2D eigenvalue weighted by Crippen LogP contribution is -2.54. The quantitative estimate of drug-likeness (QED) is 0.0418. The molecule has 0 saturated heterocycles. The number of quaternary nitrogens is 2. The van der Waals surface area contributed by atoms with Crippen molar-refractivity contribution >= 4 is 10.1 Å². The van der Waals surface area contributed by atoms with Crippen LogP contribution in [0.4, 0.5) is 0 Å². The highest BCUT2D eigenvalue weighted by Gasteiger charge is 2.26. The fraction of sp³-hybridized carbons (Fsp3) is 1.00. The molecule has 0 radical (unpaired) electrons. The summed E-state index contributed by atoms with van der Waals surface area (Å²) in [5.41, 5.74) is 0. The van der Waals surface area contributed by atoms with Gasteiger partial charge in [-0.2, -0.15) is 0 Å². The average Bonchev–Trinajstić information content (AvgIpc) is 2.92. The molecule has 42 heavy (non-hydrogen) atoms. The highest BCUT2D eigenvalue weighted by atomic mass is 32.2. The summed E-state index contributed by atoms with van der Waals surface area (Å²) in [5, 5.41) is 0. The van der Waals surface area contributed by atoms with E-state index in [1.807, 2.05) is 0 Å². The molecule has 0 rings (SSSR count). The maximum atomic E-state index is 11.2. The molecule has 0 N–H and O–H groups in total. The van der Waals surface area contributed by atoms with Gasteiger partial charge in [-0.15, -0.1) is 0 Å². The van der Waals surface area contributed by atoms with E-state index in [0.717, 1.165) is 35.1 Å². The number of hydrogen-bond acceptors (Lipinski definition) is 3. The third-order valence-electron chi connectivity index (χ3n) is 9.51. The Hall–Kier alpha value is -0.170. The molecule has 0 heterocycles. The smallest absolute Gasteiger partial charge is 0.128 e. The molecule has 1 atom stereocenters. The third-order valence-corrected chi connectivity index (χ3v) is 10.3. The summed E-state index contributed by atoms with van der Waals surface area (Å²) < 4.78 is 35.6. The zero-order valence-electron chi connectivity index (χ0n) is 29.4. The first-order valence-electron chi connectivity index (χ1n) is 18.6. The second kappa shape index (κ2) is 27.2. The van der Waals surface area contributed by atoms with Gasteiger partial charge in [0.25, 0.3) is 0 Å². The predicted octanol–water partition coefficient (Wildman–Crippen LogP) is 9.85. The monoisotopic (exact) mass is 618 g/mol. The van der Waals surface area contributed by atoms with Gasteiger partial charge in [0.15, 0.2) is 0 Å². The van der Waals surface area contributed by atoms with Gasteiger partial charge >= 0.3 is 0 Å². The van der Waals surface area contributed by atoms with Gasteiger partial charge in [0.05, 0.1) is 50.9 Å². The minimum Gasteiger partial charge on any atom is -0.748 e. The maximum absolute atomic E-state index is 11.2. The highest BCUT2D eigenvalue weighted by molar-refractivity contribution is 7.85. The van der Waals surface area contributed by atoms with E-state index in [-0.39, 0.29) is 5.75 Å². The first kappa shape index (κ1) is 41.8. The van der Waals surface area contributed by atoms with E-state index in [9.17, 15) is 13.0 Å². The van der Waals surface area contributed by atoms with E-state index in [1.165, 1.54) is 161 Å². The standard InChI is InChI=1S/C36H77N2O3S/c1-6-8-10-12-14-16-18-20-22-24-26-28-31-37(3,4)34-35-38(5,33-30-36-42(39,40)41)32-29-27-25-23-21-19-17-15-13-11-9-7-2/h6-36H2,1-5H3/q+1. The minimum absolute atomic E-state index is 0.226. The van der Waals surface area contributed by atoms with Crippen molar-refractivity contribution in [1.82, 2.24) is 0 Å². The lowest BCUT2D eigenvalue weighted by Gasteiger charge is -2.38. The molecule has 0 spiro atoms. The van der Waals surface area contributed by atoms with E-state index in [2.05, 4.69) is 35.0 Å². The Bertz CT molecular complexity index is 683. The van der Waals surface area contributed by atoms with Crippen LogP contribution in [-0.4, -0.2) is 81.6 Å². The second-order valence-corrected chi connectivity index (χ2v) is 16.1. The van der Waals surface area contributed by atoms with Crippen molar-refractivity contribution in [3.63, 3.8) is 0 Å².